The van der Waals surface area contributed by atoms with E-state index in [1.165, 1.54) is 22.4 Å². The standard InChI is InChI=1S/C16H14ClN/c17-14-8-6-12(7-9-14)10-15(16-11-18-16)13-4-2-1-3-5-13/h1-9,18H,10-11H2/b16-15+. The van der Waals surface area contributed by atoms with Crippen LogP contribution in [0.2, 0.25) is 5.02 Å². The SMILES string of the molecule is Clc1ccc(C/C(=C2/CN2)c2ccccc2)cc1. The molecule has 0 amide bonds. The van der Waals surface area contributed by atoms with E-state index in [4.69, 9.17) is 11.6 Å². The average Bonchev–Trinajstić information content (AvgIpc) is 3.23. The zero-order valence-electron chi connectivity index (χ0n) is 9.99. The fourth-order valence-electron chi connectivity index (χ4n) is 2.09. The minimum absolute atomic E-state index is 0.789. The van der Waals surface area contributed by atoms with Gasteiger partial charge in [-0.3, -0.25) is 0 Å². The topological polar surface area (TPSA) is 21.9 Å². The Morgan fingerprint density at radius 2 is 1.67 bits per heavy atom. The molecule has 2 aromatic rings. The van der Waals surface area contributed by atoms with Gasteiger partial charge in [0.25, 0.3) is 0 Å². The zero-order chi connectivity index (χ0) is 12.4. The fourth-order valence-corrected chi connectivity index (χ4v) is 2.21. The molecule has 3 rings (SSSR count). The maximum absolute atomic E-state index is 5.92. The molecule has 1 nitrogen and oxygen atoms in total. The fraction of sp³-hybridized carbons (Fsp3) is 0.125. The minimum Gasteiger partial charge on any atom is -0.381 e. The molecule has 1 fully saturated rings. The van der Waals surface area contributed by atoms with Crippen LogP contribution < -0.4 is 5.32 Å². The lowest BCUT2D eigenvalue weighted by molar-refractivity contribution is 1.26. The van der Waals surface area contributed by atoms with E-state index in [0.717, 1.165) is 18.0 Å². The molecule has 0 bridgehead atoms. The van der Waals surface area contributed by atoms with E-state index >= 15 is 0 Å². The predicted octanol–water partition coefficient (Wildman–Crippen LogP) is 3.90. The first kappa shape index (κ1) is 11.4. The van der Waals surface area contributed by atoms with E-state index in [2.05, 4.69) is 47.8 Å². The van der Waals surface area contributed by atoms with Crippen LogP contribution in [0.1, 0.15) is 11.1 Å². The van der Waals surface area contributed by atoms with Gasteiger partial charge in [-0.25, -0.2) is 0 Å². The summed E-state index contributed by atoms with van der Waals surface area (Å²) in [5.74, 6) is 0. The molecule has 1 heterocycles. The molecule has 0 saturated carbocycles. The molecular formula is C16H14ClN. The number of rotatable bonds is 3. The minimum atomic E-state index is 0.789. The molecule has 0 atom stereocenters. The number of benzene rings is 2. The second-order valence-electron chi connectivity index (χ2n) is 4.48. The summed E-state index contributed by atoms with van der Waals surface area (Å²) in [6.07, 6.45) is 0.948. The Bertz CT molecular complexity index is 564. The second-order valence-corrected chi connectivity index (χ2v) is 4.92. The number of allylic oxidation sites excluding steroid dienone is 1. The summed E-state index contributed by atoms with van der Waals surface area (Å²) in [4.78, 5) is 0. The average molecular weight is 256 g/mol. The largest absolute Gasteiger partial charge is 0.381 e. The molecule has 2 heteroatoms. The molecular weight excluding hydrogens is 242 g/mol. The van der Waals surface area contributed by atoms with Crippen LogP contribution in [0.25, 0.3) is 5.57 Å². The molecule has 0 radical (unpaired) electrons. The molecule has 90 valence electrons. The molecule has 0 unspecified atom stereocenters. The number of halogens is 1. The van der Waals surface area contributed by atoms with E-state index in [0.29, 0.717) is 0 Å². The first-order valence-electron chi connectivity index (χ1n) is 6.09. The molecule has 1 N–H and O–H groups in total. The smallest absolute Gasteiger partial charge is 0.0548 e. The summed E-state index contributed by atoms with van der Waals surface area (Å²) in [7, 11) is 0. The first-order chi connectivity index (χ1) is 8.83. The van der Waals surface area contributed by atoms with Gasteiger partial charge in [0.15, 0.2) is 0 Å². The van der Waals surface area contributed by atoms with Crippen molar-refractivity contribution in [3.63, 3.8) is 0 Å². The summed E-state index contributed by atoms with van der Waals surface area (Å²) < 4.78 is 0. The van der Waals surface area contributed by atoms with Gasteiger partial charge in [-0.15, -0.1) is 0 Å². The molecule has 0 aliphatic carbocycles. The van der Waals surface area contributed by atoms with Crippen molar-refractivity contribution in [1.82, 2.24) is 5.32 Å². The molecule has 0 spiro atoms. The summed E-state index contributed by atoms with van der Waals surface area (Å²) >= 11 is 5.92. The highest BCUT2D eigenvalue weighted by atomic mass is 35.5. The van der Waals surface area contributed by atoms with Gasteiger partial charge in [-0.1, -0.05) is 54.1 Å². The molecule has 2 aromatic carbocycles. The van der Waals surface area contributed by atoms with Gasteiger partial charge in [0.2, 0.25) is 0 Å². The second kappa shape index (κ2) is 4.87. The molecule has 18 heavy (non-hydrogen) atoms. The number of hydrogen-bond donors (Lipinski definition) is 1. The van der Waals surface area contributed by atoms with Crippen LogP contribution in [0.5, 0.6) is 0 Å². The summed E-state index contributed by atoms with van der Waals surface area (Å²) in [6, 6.07) is 18.6. The van der Waals surface area contributed by atoms with Crippen LogP contribution in [0.15, 0.2) is 60.3 Å². The molecule has 1 aliphatic heterocycles. The van der Waals surface area contributed by atoms with Gasteiger partial charge in [-0.2, -0.15) is 0 Å². The third-order valence-corrected chi connectivity index (χ3v) is 3.39. The van der Waals surface area contributed by atoms with E-state index in [9.17, 15) is 0 Å². The third kappa shape index (κ3) is 2.57. The lowest BCUT2D eigenvalue weighted by Gasteiger charge is -2.07. The lowest BCUT2D eigenvalue weighted by Crippen LogP contribution is -1.92. The van der Waals surface area contributed by atoms with Gasteiger partial charge in [0.05, 0.1) is 6.54 Å². The Balaban J connectivity index is 1.89. The van der Waals surface area contributed by atoms with E-state index in [1.807, 2.05) is 12.1 Å². The van der Waals surface area contributed by atoms with E-state index < -0.39 is 0 Å². The Morgan fingerprint density at radius 3 is 2.28 bits per heavy atom. The van der Waals surface area contributed by atoms with Crippen LogP contribution in [0, 0.1) is 0 Å². The first-order valence-corrected chi connectivity index (χ1v) is 6.46. The van der Waals surface area contributed by atoms with Gasteiger partial charge >= 0.3 is 0 Å². The normalized spacial score (nSPS) is 16.1. The van der Waals surface area contributed by atoms with Crippen molar-refractivity contribution in [3.05, 3.63) is 76.4 Å². The number of hydrogen-bond acceptors (Lipinski definition) is 1. The van der Waals surface area contributed by atoms with Gasteiger partial charge in [0, 0.05) is 10.7 Å². The molecule has 0 aromatic heterocycles. The van der Waals surface area contributed by atoms with Crippen LogP contribution in [-0.2, 0) is 6.42 Å². The monoisotopic (exact) mass is 255 g/mol. The van der Waals surface area contributed by atoms with Crippen molar-refractivity contribution in [2.24, 2.45) is 0 Å². The Kier molecular flexibility index (Phi) is 3.07. The highest BCUT2D eigenvalue weighted by Gasteiger charge is 2.17. The van der Waals surface area contributed by atoms with Crippen LogP contribution >= 0.6 is 11.6 Å². The van der Waals surface area contributed by atoms with Crippen molar-refractivity contribution in [2.45, 2.75) is 6.42 Å². The van der Waals surface area contributed by atoms with E-state index in [-0.39, 0.29) is 0 Å². The van der Waals surface area contributed by atoms with Crippen molar-refractivity contribution in [2.75, 3.05) is 6.54 Å². The van der Waals surface area contributed by atoms with Crippen LogP contribution in [0.4, 0.5) is 0 Å². The maximum Gasteiger partial charge on any atom is 0.0548 e. The van der Waals surface area contributed by atoms with E-state index in [1.54, 1.807) is 0 Å². The predicted molar refractivity (Wildman–Crippen MR) is 76.5 cm³/mol. The van der Waals surface area contributed by atoms with Crippen molar-refractivity contribution in [1.29, 1.82) is 0 Å². The summed E-state index contributed by atoms with van der Waals surface area (Å²) in [6.45, 7) is 1.01. The quantitative estimate of drug-likeness (QED) is 0.826. The van der Waals surface area contributed by atoms with Crippen LogP contribution in [0.3, 0.4) is 0 Å². The van der Waals surface area contributed by atoms with Gasteiger partial charge in [0.1, 0.15) is 0 Å². The zero-order valence-corrected chi connectivity index (χ0v) is 10.7. The van der Waals surface area contributed by atoms with Crippen molar-refractivity contribution in [3.8, 4) is 0 Å². The summed E-state index contributed by atoms with van der Waals surface area (Å²) in [5, 5.41) is 4.11. The van der Waals surface area contributed by atoms with Gasteiger partial charge in [-0.05, 0) is 35.3 Å². The Labute approximate surface area is 112 Å². The molecule has 1 aliphatic rings. The highest BCUT2D eigenvalue weighted by molar-refractivity contribution is 6.30. The van der Waals surface area contributed by atoms with Gasteiger partial charge < -0.3 is 5.32 Å². The third-order valence-electron chi connectivity index (χ3n) is 3.13. The van der Waals surface area contributed by atoms with Crippen molar-refractivity contribution >= 4 is 17.2 Å². The highest BCUT2D eigenvalue weighted by Crippen LogP contribution is 2.26. The summed E-state index contributed by atoms with van der Waals surface area (Å²) in [5.41, 5.74) is 5.33. The maximum atomic E-state index is 5.92. The Hall–Kier alpha value is -1.73. The van der Waals surface area contributed by atoms with Crippen LogP contribution in [-0.4, -0.2) is 6.54 Å². The molecule has 1 saturated heterocycles. The lowest BCUT2D eigenvalue weighted by atomic mass is 9.98. The number of nitrogens with one attached hydrogen (secondary N) is 1. The Morgan fingerprint density at radius 1 is 1.00 bits per heavy atom. The van der Waals surface area contributed by atoms with Crippen molar-refractivity contribution < 1.29 is 0 Å².